The maximum Gasteiger partial charge on any atom is 0.416 e. The lowest BCUT2D eigenvalue weighted by Gasteiger charge is -2.14. The Hall–Kier alpha value is -2.24. The van der Waals surface area contributed by atoms with Crippen molar-refractivity contribution in [3.8, 4) is 10.9 Å². The van der Waals surface area contributed by atoms with Gasteiger partial charge >= 0.3 is 6.18 Å². The predicted octanol–water partition coefficient (Wildman–Crippen LogP) is 8.18. The van der Waals surface area contributed by atoms with E-state index in [0.29, 0.717) is 16.6 Å². The van der Waals surface area contributed by atoms with Gasteiger partial charge in [-0.15, -0.1) is 0 Å². The third-order valence-electron chi connectivity index (χ3n) is 4.56. The van der Waals surface area contributed by atoms with Crippen molar-refractivity contribution in [2.45, 2.75) is 18.0 Å². The third-order valence-corrected chi connectivity index (χ3v) is 7.80. The van der Waals surface area contributed by atoms with Crippen molar-refractivity contribution in [3.05, 3.63) is 74.7 Å². The molecule has 0 spiro atoms. The molecule has 0 aliphatic rings. The Balaban J connectivity index is 1.60. The van der Waals surface area contributed by atoms with Crippen LogP contribution in [0.3, 0.4) is 0 Å². The zero-order valence-electron chi connectivity index (χ0n) is 16.9. The number of rotatable bonds is 5. The number of benzene rings is 3. The van der Waals surface area contributed by atoms with Crippen LogP contribution in [0.5, 0.6) is 10.9 Å². The molecule has 4 aromatic rings. The van der Waals surface area contributed by atoms with Gasteiger partial charge < -0.3 is 4.74 Å². The van der Waals surface area contributed by atoms with Gasteiger partial charge in [0.05, 0.1) is 36.4 Å². The molecule has 1 aromatic heterocycles. The molecule has 0 fully saturated rings. The average Bonchev–Trinajstić information content (AvgIpc) is 3.11. The number of hydrogen-bond donors (Lipinski definition) is 1. The summed E-state index contributed by atoms with van der Waals surface area (Å²) in [5, 5.41) is 0.770. The minimum absolute atomic E-state index is 0.00210. The molecule has 3 aromatic carbocycles. The number of hydrogen-bond acceptors (Lipinski definition) is 5. The number of anilines is 1. The largest absolute Gasteiger partial charge is 0.428 e. The number of aromatic nitrogens is 1. The van der Waals surface area contributed by atoms with Gasteiger partial charge in [0.15, 0.2) is 5.75 Å². The minimum Gasteiger partial charge on any atom is -0.428 e. The van der Waals surface area contributed by atoms with E-state index in [4.69, 9.17) is 39.5 Å². The van der Waals surface area contributed by atoms with E-state index < -0.39 is 21.8 Å². The van der Waals surface area contributed by atoms with E-state index in [1.165, 1.54) is 30.4 Å². The number of aryl methyl sites for hydroxylation is 1. The van der Waals surface area contributed by atoms with Crippen LogP contribution in [0.4, 0.5) is 18.9 Å². The summed E-state index contributed by atoms with van der Waals surface area (Å²) in [5.74, 6) is 0.0575. The molecule has 0 unspecified atom stereocenters. The second-order valence-electron chi connectivity index (χ2n) is 7.05. The molecule has 0 saturated heterocycles. The van der Waals surface area contributed by atoms with Gasteiger partial charge in [0, 0.05) is 5.02 Å². The quantitative estimate of drug-likeness (QED) is 0.264. The maximum absolute atomic E-state index is 12.9. The Morgan fingerprint density at radius 1 is 1.00 bits per heavy atom. The second kappa shape index (κ2) is 9.09. The van der Waals surface area contributed by atoms with E-state index in [1.54, 1.807) is 18.2 Å². The average molecular weight is 568 g/mol. The highest BCUT2D eigenvalue weighted by Gasteiger charge is 2.31. The Morgan fingerprint density at radius 3 is 2.29 bits per heavy atom. The first-order valence-corrected chi connectivity index (χ1v) is 12.7. The van der Waals surface area contributed by atoms with Gasteiger partial charge in [0.25, 0.3) is 15.2 Å². The van der Waals surface area contributed by atoms with E-state index in [-0.39, 0.29) is 37.1 Å². The van der Waals surface area contributed by atoms with E-state index in [2.05, 4.69) is 9.71 Å². The van der Waals surface area contributed by atoms with Crippen molar-refractivity contribution in [1.82, 2.24) is 4.98 Å². The molecule has 13 heteroatoms. The summed E-state index contributed by atoms with van der Waals surface area (Å²) in [7, 11) is -4.23. The van der Waals surface area contributed by atoms with Crippen molar-refractivity contribution in [2.24, 2.45) is 0 Å². The summed E-state index contributed by atoms with van der Waals surface area (Å²) in [5.41, 5.74) is -0.366. The SMILES string of the molecule is Cc1cc(C(F)(F)F)ccc1S(=O)(=O)Nc1cc(Cl)c(Oc2nc3ccc(Cl)cc3s2)c(Cl)c1. The maximum atomic E-state index is 12.9. The molecule has 0 radical (unpaired) electrons. The molecular formula is C21H12Cl3F3N2O3S2. The summed E-state index contributed by atoms with van der Waals surface area (Å²) in [4.78, 5) is 4.00. The highest BCUT2D eigenvalue weighted by atomic mass is 35.5. The van der Waals surface area contributed by atoms with Crippen molar-refractivity contribution < 1.29 is 26.3 Å². The topological polar surface area (TPSA) is 68.3 Å². The first kappa shape index (κ1) is 24.9. The number of halogens is 6. The molecule has 1 heterocycles. The Morgan fingerprint density at radius 2 is 1.68 bits per heavy atom. The number of alkyl halides is 3. The Bertz CT molecular complexity index is 1500. The van der Waals surface area contributed by atoms with Gasteiger partial charge in [0.2, 0.25) is 0 Å². The van der Waals surface area contributed by atoms with Gasteiger partial charge in [0.1, 0.15) is 0 Å². The van der Waals surface area contributed by atoms with Crippen molar-refractivity contribution >= 4 is 72.1 Å². The fourth-order valence-corrected chi connectivity index (χ4v) is 5.99. The number of ether oxygens (including phenoxy) is 1. The fraction of sp³-hybridized carbons (Fsp3) is 0.0952. The lowest BCUT2D eigenvalue weighted by Crippen LogP contribution is -2.15. The summed E-state index contributed by atoms with van der Waals surface area (Å²) in [6.07, 6.45) is -4.59. The van der Waals surface area contributed by atoms with E-state index in [9.17, 15) is 21.6 Å². The molecule has 0 amide bonds. The van der Waals surface area contributed by atoms with Gasteiger partial charge in [-0.1, -0.05) is 46.1 Å². The summed E-state index contributed by atoms with van der Waals surface area (Å²) < 4.78 is 73.0. The lowest BCUT2D eigenvalue weighted by molar-refractivity contribution is -0.137. The molecule has 0 aliphatic carbocycles. The molecule has 0 atom stereocenters. The van der Waals surface area contributed by atoms with Crippen LogP contribution >= 0.6 is 46.1 Å². The van der Waals surface area contributed by atoms with Gasteiger partial charge in [-0.25, -0.2) is 13.4 Å². The molecule has 0 saturated carbocycles. The molecule has 1 N–H and O–H groups in total. The van der Waals surface area contributed by atoms with E-state index in [0.717, 1.165) is 16.8 Å². The van der Waals surface area contributed by atoms with Crippen LogP contribution < -0.4 is 9.46 Å². The van der Waals surface area contributed by atoms with Crippen molar-refractivity contribution in [2.75, 3.05) is 4.72 Å². The van der Waals surface area contributed by atoms with Gasteiger partial charge in [-0.3, -0.25) is 4.72 Å². The van der Waals surface area contributed by atoms with Crippen molar-refractivity contribution in [3.63, 3.8) is 0 Å². The Labute approximate surface area is 211 Å². The number of thiazole rings is 1. The zero-order valence-corrected chi connectivity index (χ0v) is 20.8. The molecular weight excluding hydrogens is 556 g/mol. The molecule has 5 nitrogen and oxygen atoms in total. The smallest absolute Gasteiger partial charge is 0.416 e. The minimum atomic E-state index is -4.59. The molecule has 4 rings (SSSR count). The van der Waals surface area contributed by atoms with Crippen LogP contribution in [-0.4, -0.2) is 13.4 Å². The van der Waals surface area contributed by atoms with Crippen LogP contribution in [0.1, 0.15) is 11.1 Å². The molecule has 0 bridgehead atoms. The van der Waals surface area contributed by atoms with Crippen molar-refractivity contribution in [1.29, 1.82) is 0 Å². The first-order chi connectivity index (χ1) is 15.8. The zero-order chi connectivity index (χ0) is 24.8. The molecule has 178 valence electrons. The first-order valence-electron chi connectivity index (χ1n) is 9.27. The summed E-state index contributed by atoms with van der Waals surface area (Å²) >= 11 is 19.7. The van der Waals surface area contributed by atoms with Gasteiger partial charge in [-0.05, 0) is 61.0 Å². The van der Waals surface area contributed by atoms with Gasteiger partial charge in [-0.2, -0.15) is 13.2 Å². The van der Waals surface area contributed by atoms with E-state index in [1.807, 2.05) is 0 Å². The van der Waals surface area contributed by atoms with Crippen LogP contribution in [0.15, 0.2) is 53.4 Å². The molecule has 34 heavy (non-hydrogen) atoms. The normalized spacial score (nSPS) is 12.2. The van der Waals surface area contributed by atoms with Crippen LogP contribution in [0, 0.1) is 6.92 Å². The monoisotopic (exact) mass is 566 g/mol. The number of nitrogens with one attached hydrogen (secondary N) is 1. The fourth-order valence-electron chi connectivity index (χ4n) is 3.06. The highest BCUT2D eigenvalue weighted by molar-refractivity contribution is 7.92. The van der Waals surface area contributed by atoms with E-state index >= 15 is 0 Å². The summed E-state index contributed by atoms with van der Waals surface area (Å²) in [6.45, 7) is 1.27. The standard InChI is InChI=1S/C21H12Cl3F3N2O3S2/c1-10-6-11(21(25,26)27)2-5-18(10)34(30,31)29-13-8-14(23)19(15(24)9-13)32-20-28-16-4-3-12(22)7-17(16)33-20/h2-9,29H,1H3. The predicted molar refractivity (Wildman–Crippen MR) is 128 cm³/mol. The number of fused-ring (bicyclic) bond motifs is 1. The number of nitrogens with zero attached hydrogens (tertiary/aromatic N) is 1. The number of sulfonamides is 1. The second-order valence-corrected chi connectivity index (χ2v) is 10.9. The third kappa shape index (κ3) is 5.21. The lowest BCUT2D eigenvalue weighted by atomic mass is 10.1. The molecule has 0 aliphatic heterocycles. The van der Waals surface area contributed by atoms with Crippen LogP contribution in [-0.2, 0) is 16.2 Å². The van der Waals surface area contributed by atoms with Crippen LogP contribution in [0.25, 0.3) is 10.2 Å². The Kier molecular flexibility index (Phi) is 6.65. The van der Waals surface area contributed by atoms with Crippen LogP contribution in [0.2, 0.25) is 15.1 Å². The highest BCUT2D eigenvalue weighted by Crippen LogP contribution is 2.41. The summed E-state index contributed by atoms with van der Waals surface area (Å²) in [6, 6.07) is 10.0.